The van der Waals surface area contributed by atoms with Gasteiger partial charge in [-0.05, 0) is 23.8 Å². The summed E-state index contributed by atoms with van der Waals surface area (Å²) >= 11 is 0. The van der Waals surface area contributed by atoms with E-state index in [0.717, 1.165) is 12.1 Å². The molecule has 1 rings (SSSR count). The quantitative estimate of drug-likeness (QED) is 0.894. The van der Waals surface area contributed by atoms with Gasteiger partial charge in [-0.15, -0.1) is 0 Å². The van der Waals surface area contributed by atoms with Gasteiger partial charge in [0.05, 0.1) is 11.1 Å². The van der Waals surface area contributed by atoms with Crippen molar-refractivity contribution < 1.29 is 27.9 Å². The van der Waals surface area contributed by atoms with E-state index < -0.39 is 17.7 Å². The molecule has 0 radical (unpaired) electrons. The Morgan fingerprint density at radius 1 is 1.35 bits per heavy atom. The maximum absolute atomic E-state index is 12.6. The molecule has 1 aromatic rings. The topological polar surface area (TPSA) is 66.4 Å². The SMILES string of the molecule is CC(=O)NCC=Cc1cc(C(F)(F)F)ccc1C(=O)O. The number of aromatic carboxylic acids is 1. The summed E-state index contributed by atoms with van der Waals surface area (Å²) in [6.45, 7) is 1.39. The van der Waals surface area contributed by atoms with Gasteiger partial charge in [-0.3, -0.25) is 4.79 Å². The first-order valence-electron chi connectivity index (χ1n) is 5.57. The highest BCUT2D eigenvalue weighted by molar-refractivity contribution is 5.92. The summed E-state index contributed by atoms with van der Waals surface area (Å²) < 4.78 is 37.7. The molecule has 20 heavy (non-hydrogen) atoms. The zero-order valence-electron chi connectivity index (χ0n) is 10.5. The van der Waals surface area contributed by atoms with E-state index in [4.69, 9.17) is 5.11 Å². The van der Waals surface area contributed by atoms with Gasteiger partial charge in [0.25, 0.3) is 0 Å². The van der Waals surface area contributed by atoms with E-state index in [1.165, 1.54) is 19.1 Å². The average Bonchev–Trinajstić information content (AvgIpc) is 2.32. The van der Waals surface area contributed by atoms with Crippen molar-refractivity contribution in [2.45, 2.75) is 13.1 Å². The first-order chi connectivity index (χ1) is 9.21. The summed E-state index contributed by atoms with van der Waals surface area (Å²) in [4.78, 5) is 21.6. The Morgan fingerprint density at radius 3 is 2.50 bits per heavy atom. The van der Waals surface area contributed by atoms with Crippen LogP contribution in [0.5, 0.6) is 0 Å². The molecule has 0 spiro atoms. The minimum atomic E-state index is -4.54. The third-order valence-electron chi connectivity index (χ3n) is 2.38. The molecule has 0 aliphatic rings. The lowest BCUT2D eigenvalue weighted by Gasteiger charge is -2.09. The van der Waals surface area contributed by atoms with E-state index in [1.54, 1.807) is 0 Å². The molecule has 0 aliphatic heterocycles. The van der Waals surface area contributed by atoms with Crippen LogP contribution in [0.4, 0.5) is 13.2 Å². The second-order valence-corrected chi connectivity index (χ2v) is 3.94. The fourth-order valence-electron chi connectivity index (χ4n) is 1.46. The summed E-state index contributed by atoms with van der Waals surface area (Å²) in [5, 5.41) is 11.3. The number of carboxylic acids is 1. The Balaban J connectivity index is 3.06. The standard InChI is InChI=1S/C13H12F3NO3/c1-8(18)17-6-2-3-9-7-10(13(14,15)16)4-5-11(9)12(19)20/h2-5,7H,6H2,1H3,(H,17,18)(H,19,20). The summed E-state index contributed by atoms with van der Waals surface area (Å²) in [5.74, 6) is -1.62. The van der Waals surface area contributed by atoms with Crippen LogP contribution >= 0.6 is 0 Å². The lowest BCUT2D eigenvalue weighted by atomic mass is 10.0. The Labute approximate surface area is 112 Å². The van der Waals surface area contributed by atoms with E-state index in [1.807, 2.05) is 0 Å². The van der Waals surface area contributed by atoms with Crippen molar-refractivity contribution in [3.63, 3.8) is 0 Å². The molecular formula is C13H12F3NO3. The summed E-state index contributed by atoms with van der Waals surface area (Å²) in [5.41, 5.74) is -1.24. The highest BCUT2D eigenvalue weighted by Gasteiger charge is 2.31. The summed E-state index contributed by atoms with van der Waals surface area (Å²) in [7, 11) is 0. The van der Waals surface area contributed by atoms with Gasteiger partial charge in [-0.1, -0.05) is 12.2 Å². The van der Waals surface area contributed by atoms with Crippen molar-refractivity contribution in [1.29, 1.82) is 0 Å². The molecule has 0 aliphatic carbocycles. The highest BCUT2D eigenvalue weighted by atomic mass is 19.4. The van der Waals surface area contributed by atoms with Crippen molar-refractivity contribution in [1.82, 2.24) is 5.32 Å². The molecule has 4 nitrogen and oxygen atoms in total. The van der Waals surface area contributed by atoms with Crippen LogP contribution in [-0.4, -0.2) is 23.5 Å². The minimum absolute atomic E-state index is 0.0716. The molecule has 0 atom stereocenters. The van der Waals surface area contributed by atoms with Crippen LogP contribution in [0.2, 0.25) is 0 Å². The van der Waals surface area contributed by atoms with Crippen molar-refractivity contribution in [3.8, 4) is 0 Å². The second-order valence-electron chi connectivity index (χ2n) is 3.94. The predicted molar refractivity (Wildman–Crippen MR) is 66.1 cm³/mol. The number of carbonyl (C=O) groups is 2. The molecule has 0 aromatic heterocycles. The smallest absolute Gasteiger partial charge is 0.416 e. The minimum Gasteiger partial charge on any atom is -0.478 e. The lowest BCUT2D eigenvalue weighted by Crippen LogP contribution is -2.19. The van der Waals surface area contributed by atoms with Crippen LogP contribution in [0.25, 0.3) is 6.08 Å². The Morgan fingerprint density at radius 2 is 2.00 bits per heavy atom. The lowest BCUT2D eigenvalue weighted by molar-refractivity contribution is -0.137. The average molecular weight is 287 g/mol. The fourth-order valence-corrected chi connectivity index (χ4v) is 1.46. The third-order valence-corrected chi connectivity index (χ3v) is 2.38. The van der Waals surface area contributed by atoms with Gasteiger partial charge in [0, 0.05) is 13.5 Å². The molecule has 7 heteroatoms. The van der Waals surface area contributed by atoms with Gasteiger partial charge in [0.1, 0.15) is 0 Å². The number of halogens is 3. The molecule has 1 aromatic carbocycles. The van der Waals surface area contributed by atoms with Crippen molar-refractivity contribution in [3.05, 3.63) is 41.0 Å². The van der Waals surface area contributed by atoms with Gasteiger partial charge in [0.2, 0.25) is 5.91 Å². The highest BCUT2D eigenvalue weighted by Crippen LogP contribution is 2.30. The van der Waals surface area contributed by atoms with Crippen LogP contribution < -0.4 is 5.32 Å². The van der Waals surface area contributed by atoms with E-state index in [-0.39, 0.29) is 23.6 Å². The Hall–Kier alpha value is -2.31. The van der Waals surface area contributed by atoms with Crippen molar-refractivity contribution >= 4 is 18.0 Å². The molecule has 1 amide bonds. The van der Waals surface area contributed by atoms with Crippen LogP contribution in [0.15, 0.2) is 24.3 Å². The van der Waals surface area contributed by atoms with E-state index >= 15 is 0 Å². The van der Waals surface area contributed by atoms with Crippen molar-refractivity contribution in [2.24, 2.45) is 0 Å². The number of carbonyl (C=O) groups excluding carboxylic acids is 1. The number of rotatable bonds is 4. The molecule has 108 valence electrons. The molecule has 0 fully saturated rings. The second kappa shape index (κ2) is 6.23. The molecule has 0 bridgehead atoms. The Bertz CT molecular complexity index is 550. The van der Waals surface area contributed by atoms with Gasteiger partial charge in [0.15, 0.2) is 0 Å². The number of amides is 1. The van der Waals surface area contributed by atoms with Gasteiger partial charge in [-0.2, -0.15) is 13.2 Å². The predicted octanol–water partition coefficient (Wildman–Crippen LogP) is 2.55. The van der Waals surface area contributed by atoms with Crippen LogP contribution in [0.1, 0.15) is 28.4 Å². The van der Waals surface area contributed by atoms with Gasteiger partial charge < -0.3 is 10.4 Å². The molecule has 2 N–H and O–H groups in total. The monoisotopic (exact) mass is 287 g/mol. The van der Waals surface area contributed by atoms with Crippen molar-refractivity contribution in [2.75, 3.05) is 6.54 Å². The Kier molecular flexibility index (Phi) is 4.90. The largest absolute Gasteiger partial charge is 0.478 e. The number of nitrogens with one attached hydrogen (secondary N) is 1. The fraction of sp³-hybridized carbons (Fsp3) is 0.231. The molecular weight excluding hydrogens is 275 g/mol. The first kappa shape index (κ1) is 15.7. The maximum Gasteiger partial charge on any atom is 0.416 e. The molecule has 0 heterocycles. The zero-order valence-corrected chi connectivity index (χ0v) is 10.5. The number of benzene rings is 1. The van der Waals surface area contributed by atoms with Gasteiger partial charge >= 0.3 is 12.1 Å². The number of hydrogen-bond donors (Lipinski definition) is 2. The zero-order chi connectivity index (χ0) is 15.3. The molecule has 0 unspecified atom stereocenters. The van der Waals surface area contributed by atoms with E-state index in [9.17, 15) is 22.8 Å². The third kappa shape index (κ3) is 4.42. The van der Waals surface area contributed by atoms with Crippen LogP contribution in [-0.2, 0) is 11.0 Å². The number of hydrogen-bond acceptors (Lipinski definition) is 2. The molecule has 0 saturated heterocycles. The summed E-state index contributed by atoms with van der Waals surface area (Å²) in [6, 6.07) is 2.38. The van der Waals surface area contributed by atoms with Gasteiger partial charge in [-0.25, -0.2) is 4.79 Å². The maximum atomic E-state index is 12.6. The van der Waals surface area contributed by atoms with E-state index in [0.29, 0.717) is 6.07 Å². The first-order valence-corrected chi connectivity index (χ1v) is 5.57. The van der Waals surface area contributed by atoms with Crippen LogP contribution in [0, 0.1) is 0 Å². The number of carboxylic acid groups (broad SMARTS) is 1. The number of alkyl halides is 3. The van der Waals surface area contributed by atoms with Crippen LogP contribution in [0.3, 0.4) is 0 Å². The molecule has 0 saturated carbocycles. The van der Waals surface area contributed by atoms with E-state index in [2.05, 4.69) is 5.32 Å². The summed E-state index contributed by atoms with van der Waals surface area (Å²) in [6.07, 6.45) is -1.94. The normalized spacial score (nSPS) is 11.6.